The second kappa shape index (κ2) is 3.95. The number of hydrogen-bond acceptors (Lipinski definition) is 2. The Morgan fingerprint density at radius 2 is 1.85 bits per heavy atom. The zero-order valence-corrected chi connectivity index (χ0v) is 9.31. The Hall–Kier alpha value is -0.790. The lowest BCUT2D eigenvalue weighted by Crippen LogP contribution is -2.40. The minimum absolute atomic E-state index is 0.117. The maximum atomic E-state index is 11.6. The number of rotatable bonds is 3. The lowest BCUT2D eigenvalue weighted by Gasteiger charge is -2.38. The maximum Gasteiger partial charge on any atom is 0.312 e. The third kappa shape index (κ3) is 2.33. The lowest BCUT2D eigenvalue weighted by molar-refractivity contribution is -0.158. The number of ether oxygens (including phenoxy) is 1. The summed E-state index contributed by atoms with van der Waals surface area (Å²) < 4.78 is 4.81. The smallest absolute Gasteiger partial charge is 0.312 e. The van der Waals surface area contributed by atoms with Gasteiger partial charge in [-0.1, -0.05) is 26.8 Å². The standard InChI is InChI=1S/C11H20O2/c1-7-8-11(5,9(12)13-6)10(2,3)4/h7H,1,8H2,2-6H3. The highest BCUT2D eigenvalue weighted by atomic mass is 16.5. The van der Waals surface area contributed by atoms with Crippen molar-refractivity contribution in [2.75, 3.05) is 7.11 Å². The highest BCUT2D eigenvalue weighted by Crippen LogP contribution is 2.42. The van der Waals surface area contributed by atoms with Crippen molar-refractivity contribution in [3.63, 3.8) is 0 Å². The van der Waals surface area contributed by atoms with Gasteiger partial charge in [-0.2, -0.15) is 0 Å². The van der Waals surface area contributed by atoms with Crippen molar-refractivity contribution in [1.29, 1.82) is 0 Å². The van der Waals surface area contributed by atoms with Crippen LogP contribution in [0.2, 0.25) is 0 Å². The van der Waals surface area contributed by atoms with Crippen molar-refractivity contribution < 1.29 is 9.53 Å². The Kier molecular flexibility index (Phi) is 3.71. The fraction of sp³-hybridized carbons (Fsp3) is 0.727. The first-order chi connectivity index (χ1) is 5.79. The number of hydrogen-bond donors (Lipinski definition) is 0. The highest BCUT2D eigenvalue weighted by Gasteiger charge is 2.44. The lowest BCUT2D eigenvalue weighted by atomic mass is 9.66. The summed E-state index contributed by atoms with van der Waals surface area (Å²) in [6.07, 6.45) is 2.41. The maximum absolute atomic E-state index is 11.6. The van der Waals surface area contributed by atoms with E-state index in [2.05, 4.69) is 6.58 Å². The van der Waals surface area contributed by atoms with Crippen molar-refractivity contribution in [2.24, 2.45) is 10.8 Å². The van der Waals surface area contributed by atoms with E-state index in [9.17, 15) is 4.79 Å². The minimum atomic E-state index is -0.483. The largest absolute Gasteiger partial charge is 0.469 e. The molecule has 0 aromatic rings. The second-order valence-corrected chi connectivity index (χ2v) is 4.57. The van der Waals surface area contributed by atoms with Gasteiger partial charge in [-0.25, -0.2) is 0 Å². The molecule has 0 rings (SSSR count). The van der Waals surface area contributed by atoms with E-state index in [1.165, 1.54) is 7.11 Å². The van der Waals surface area contributed by atoms with E-state index < -0.39 is 5.41 Å². The Balaban J connectivity index is 4.94. The molecular formula is C11H20O2. The number of allylic oxidation sites excluding steroid dienone is 1. The van der Waals surface area contributed by atoms with E-state index in [1.807, 2.05) is 27.7 Å². The van der Waals surface area contributed by atoms with Crippen LogP contribution in [0.1, 0.15) is 34.1 Å². The van der Waals surface area contributed by atoms with Crippen LogP contribution in [0.15, 0.2) is 12.7 Å². The Bertz CT molecular complexity index is 201. The number of carbonyl (C=O) groups excluding carboxylic acids is 1. The van der Waals surface area contributed by atoms with Gasteiger partial charge in [-0.05, 0) is 18.8 Å². The van der Waals surface area contributed by atoms with Crippen LogP contribution in [-0.4, -0.2) is 13.1 Å². The first-order valence-electron chi connectivity index (χ1n) is 4.49. The van der Waals surface area contributed by atoms with Crippen LogP contribution >= 0.6 is 0 Å². The van der Waals surface area contributed by atoms with E-state index in [1.54, 1.807) is 6.08 Å². The molecule has 0 fully saturated rings. The van der Waals surface area contributed by atoms with E-state index in [0.29, 0.717) is 6.42 Å². The number of esters is 1. The quantitative estimate of drug-likeness (QED) is 0.498. The van der Waals surface area contributed by atoms with Gasteiger partial charge in [0.2, 0.25) is 0 Å². The summed E-state index contributed by atoms with van der Waals surface area (Å²) in [6.45, 7) is 11.7. The first kappa shape index (κ1) is 12.2. The molecule has 2 nitrogen and oxygen atoms in total. The average Bonchev–Trinajstić information content (AvgIpc) is 2.01. The molecule has 0 heterocycles. The molecule has 1 unspecified atom stereocenters. The highest BCUT2D eigenvalue weighted by molar-refractivity contribution is 5.77. The van der Waals surface area contributed by atoms with Gasteiger partial charge in [0.1, 0.15) is 0 Å². The molecule has 0 N–H and O–H groups in total. The number of methoxy groups -OCH3 is 1. The van der Waals surface area contributed by atoms with Gasteiger partial charge in [-0.3, -0.25) is 4.79 Å². The van der Waals surface area contributed by atoms with E-state index in [-0.39, 0.29) is 11.4 Å². The predicted molar refractivity (Wildman–Crippen MR) is 54.4 cm³/mol. The molecule has 0 saturated carbocycles. The molecule has 0 saturated heterocycles. The predicted octanol–water partition coefficient (Wildman–Crippen LogP) is 2.79. The van der Waals surface area contributed by atoms with Gasteiger partial charge in [0.15, 0.2) is 0 Å². The third-order valence-electron chi connectivity index (χ3n) is 2.84. The van der Waals surface area contributed by atoms with Gasteiger partial charge >= 0.3 is 5.97 Å². The molecule has 76 valence electrons. The normalized spacial score (nSPS) is 16.1. The summed E-state index contributed by atoms with van der Waals surface area (Å²) in [5.74, 6) is -0.167. The molecule has 0 spiro atoms. The Morgan fingerprint density at radius 3 is 2.08 bits per heavy atom. The van der Waals surface area contributed by atoms with Crippen molar-refractivity contribution in [2.45, 2.75) is 34.1 Å². The molecule has 0 amide bonds. The summed E-state index contributed by atoms with van der Waals surface area (Å²) in [5, 5.41) is 0. The van der Waals surface area contributed by atoms with Crippen molar-refractivity contribution in [3.05, 3.63) is 12.7 Å². The third-order valence-corrected chi connectivity index (χ3v) is 2.84. The molecule has 0 aromatic carbocycles. The van der Waals surface area contributed by atoms with Crippen LogP contribution < -0.4 is 0 Å². The van der Waals surface area contributed by atoms with Gasteiger partial charge < -0.3 is 4.74 Å². The van der Waals surface area contributed by atoms with Gasteiger partial charge in [0.05, 0.1) is 12.5 Å². The fourth-order valence-corrected chi connectivity index (χ4v) is 1.21. The van der Waals surface area contributed by atoms with Crippen LogP contribution in [0, 0.1) is 10.8 Å². The summed E-state index contributed by atoms with van der Waals surface area (Å²) in [5.41, 5.74) is -0.599. The molecule has 0 aliphatic heterocycles. The number of carbonyl (C=O) groups is 1. The summed E-state index contributed by atoms with van der Waals surface area (Å²) in [4.78, 5) is 11.6. The molecule has 0 aromatic heterocycles. The monoisotopic (exact) mass is 184 g/mol. The Labute approximate surface area is 81.0 Å². The summed E-state index contributed by atoms with van der Waals surface area (Å²) in [7, 11) is 1.43. The van der Waals surface area contributed by atoms with Crippen molar-refractivity contribution in [3.8, 4) is 0 Å². The van der Waals surface area contributed by atoms with Crippen LogP contribution in [0.3, 0.4) is 0 Å². The van der Waals surface area contributed by atoms with Gasteiger partial charge in [0, 0.05) is 0 Å². The molecule has 13 heavy (non-hydrogen) atoms. The molecule has 0 aliphatic carbocycles. The fourth-order valence-electron chi connectivity index (χ4n) is 1.21. The molecule has 0 radical (unpaired) electrons. The van der Waals surface area contributed by atoms with Crippen LogP contribution in [0.4, 0.5) is 0 Å². The van der Waals surface area contributed by atoms with Crippen molar-refractivity contribution >= 4 is 5.97 Å². The van der Waals surface area contributed by atoms with Crippen LogP contribution in [0.5, 0.6) is 0 Å². The van der Waals surface area contributed by atoms with Gasteiger partial charge in [-0.15, -0.1) is 6.58 Å². The van der Waals surface area contributed by atoms with Gasteiger partial charge in [0.25, 0.3) is 0 Å². The second-order valence-electron chi connectivity index (χ2n) is 4.57. The average molecular weight is 184 g/mol. The molecular weight excluding hydrogens is 164 g/mol. The molecule has 1 atom stereocenters. The SMILES string of the molecule is C=CCC(C)(C(=O)OC)C(C)(C)C. The van der Waals surface area contributed by atoms with Crippen LogP contribution in [-0.2, 0) is 9.53 Å². The summed E-state index contributed by atoms with van der Waals surface area (Å²) in [6, 6.07) is 0. The molecule has 0 aliphatic rings. The van der Waals surface area contributed by atoms with E-state index in [4.69, 9.17) is 4.74 Å². The summed E-state index contributed by atoms with van der Waals surface area (Å²) >= 11 is 0. The van der Waals surface area contributed by atoms with E-state index in [0.717, 1.165) is 0 Å². The zero-order valence-electron chi connectivity index (χ0n) is 9.31. The minimum Gasteiger partial charge on any atom is -0.469 e. The zero-order chi connectivity index (χ0) is 10.7. The topological polar surface area (TPSA) is 26.3 Å². The van der Waals surface area contributed by atoms with Crippen molar-refractivity contribution in [1.82, 2.24) is 0 Å². The van der Waals surface area contributed by atoms with E-state index >= 15 is 0 Å². The van der Waals surface area contributed by atoms with Crippen LogP contribution in [0.25, 0.3) is 0 Å². The Morgan fingerprint density at radius 1 is 1.38 bits per heavy atom. The first-order valence-corrected chi connectivity index (χ1v) is 4.49. The molecule has 2 heteroatoms. The molecule has 0 bridgehead atoms.